The van der Waals surface area contributed by atoms with E-state index in [2.05, 4.69) is 12.2 Å². The minimum Gasteiger partial charge on any atom is -0.481 e. The molecule has 3 nitrogen and oxygen atoms in total. The van der Waals surface area contributed by atoms with Crippen LogP contribution in [0.25, 0.3) is 0 Å². The first kappa shape index (κ1) is 13.6. The number of unbranched alkanes of at least 4 members (excludes halogenated alkanes) is 1. The van der Waals surface area contributed by atoms with E-state index in [1.807, 2.05) is 0 Å². The van der Waals surface area contributed by atoms with Crippen molar-refractivity contribution in [1.82, 2.24) is 0 Å². The molecule has 2 rings (SSSR count). The number of carboxylic acid groups (broad SMARTS) is 1. The van der Waals surface area contributed by atoms with Crippen LogP contribution >= 0.6 is 0 Å². The molecule has 2 fully saturated rings. The molecule has 2 aliphatic rings. The van der Waals surface area contributed by atoms with Crippen molar-refractivity contribution >= 4 is 5.97 Å². The molecule has 0 radical (unpaired) electrons. The lowest BCUT2D eigenvalue weighted by molar-refractivity contribution is -0.137. The minimum absolute atomic E-state index is 0.262. The predicted octanol–water partition coefficient (Wildman–Crippen LogP) is 2.84. The first-order chi connectivity index (χ1) is 8.72. The average molecular weight is 252 g/mol. The largest absolute Gasteiger partial charge is 0.481 e. The van der Waals surface area contributed by atoms with Gasteiger partial charge in [0.1, 0.15) is 0 Å². The van der Waals surface area contributed by atoms with Crippen molar-refractivity contribution in [3.8, 4) is 0 Å². The molecule has 2 saturated carbocycles. The van der Waals surface area contributed by atoms with Gasteiger partial charge >= 0.3 is 5.97 Å². The molecule has 0 aromatic carbocycles. The maximum Gasteiger partial charge on any atom is 0.303 e. The third-order valence-corrected chi connectivity index (χ3v) is 4.82. The van der Waals surface area contributed by atoms with Gasteiger partial charge in [0.2, 0.25) is 0 Å². The van der Waals surface area contributed by atoms with E-state index in [-0.39, 0.29) is 6.42 Å². The Hall–Kier alpha value is -0.830. The van der Waals surface area contributed by atoms with Gasteiger partial charge in [-0.15, -0.1) is 0 Å². The molecular formula is C15H24O3. The summed E-state index contributed by atoms with van der Waals surface area (Å²) in [6, 6.07) is 0. The zero-order valence-electron chi connectivity index (χ0n) is 10.9. The summed E-state index contributed by atoms with van der Waals surface area (Å²) in [4.78, 5) is 10.4. The van der Waals surface area contributed by atoms with E-state index >= 15 is 0 Å². The molecule has 0 saturated heterocycles. The molecule has 0 amide bonds. The smallest absolute Gasteiger partial charge is 0.303 e. The Morgan fingerprint density at radius 3 is 2.56 bits per heavy atom. The van der Waals surface area contributed by atoms with Crippen LogP contribution in [0.3, 0.4) is 0 Å². The highest BCUT2D eigenvalue weighted by atomic mass is 16.4. The second kappa shape index (κ2) is 6.37. The number of fused-ring (bicyclic) bond motifs is 2. The van der Waals surface area contributed by atoms with E-state index in [1.165, 1.54) is 19.3 Å². The normalized spacial score (nSPS) is 34.5. The van der Waals surface area contributed by atoms with Gasteiger partial charge in [0.05, 0.1) is 0 Å². The quantitative estimate of drug-likeness (QED) is 0.541. The van der Waals surface area contributed by atoms with Crippen LogP contribution in [0.1, 0.15) is 44.9 Å². The minimum atomic E-state index is -0.711. The van der Waals surface area contributed by atoms with Gasteiger partial charge in [-0.2, -0.15) is 0 Å². The van der Waals surface area contributed by atoms with Gasteiger partial charge in [0.15, 0.2) is 0 Å². The van der Waals surface area contributed by atoms with Crippen LogP contribution in [0, 0.1) is 23.7 Å². The Bertz CT molecular complexity index is 311. The summed E-state index contributed by atoms with van der Waals surface area (Å²) >= 11 is 0. The first-order valence-corrected chi connectivity index (χ1v) is 7.20. The van der Waals surface area contributed by atoms with Crippen LogP contribution < -0.4 is 0 Å². The van der Waals surface area contributed by atoms with Crippen molar-refractivity contribution in [3.63, 3.8) is 0 Å². The van der Waals surface area contributed by atoms with Gasteiger partial charge in [-0.25, -0.2) is 0 Å². The molecule has 2 aliphatic carbocycles. The van der Waals surface area contributed by atoms with Gasteiger partial charge in [0.25, 0.3) is 0 Å². The fraction of sp³-hybridized carbons (Fsp3) is 0.800. The number of hydrogen-bond donors (Lipinski definition) is 2. The van der Waals surface area contributed by atoms with E-state index in [4.69, 9.17) is 5.11 Å². The number of carboxylic acids is 1. The average Bonchev–Trinajstić information content (AvgIpc) is 2.93. The molecule has 0 aromatic rings. The van der Waals surface area contributed by atoms with Gasteiger partial charge in [-0.05, 0) is 62.2 Å². The highest BCUT2D eigenvalue weighted by molar-refractivity contribution is 5.66. The second-order valence-corrected chi connectivity index (χ2v) is 5.84. The molecule has 0 unspecified atom stereocenters. The van der Waals surface area contributed by atoms with Crippen molar-refractivity contribution in [2.75, 3.05) is 6.61 Å². The summed E-state index contributed by atoms with van der Waals surface area (Å²) in [6.07, 6.45) is 11.2. The summed E-state index contributed by atoms with van der Waals surface area (Å²) < 4.78 is 0. The molecular weight excluding hydrogens is 228 g/mol. The molecule has 0 heterocycles. The van der Waals surface area contributed by atoms with Crippen molar-refractivity contribution in [3.05, 3.63) is 12.2 Å². The summed E-state index contributed by atoms with van der Waals surface area (Å²) in [7, 11) is 0. The summed E-state index contributed by atoms with van der Waals surface area (Å²) in [5.74, 6) is 2.08. The molecule has 18 heavy (non-hydrogen) atoms. The Morgan fingerprint density at radius 2 is 1.89 bits per heavy atom. The zero-order valence-corrected chi connectivity index (χ0v) is 10.9. The highest BCUT2D eigenvalue weighted by Crippen LogP contribution is 2.53. The molecule has 0 spiro atoms. The van der Waals surface area contributed by atoms with Crippen LogP contribution in [-0.2, 0) is 4.79 Å². The maximum atomic E-state index is 10.4. The van der Waals surface area contributed by atoms with Crippen LogP contribution in [0.2, 0.25) is 0 Å². The maximum absolute atomic E-state index is 10.4. The molecule has 0 aliphatic heterocycles. The number of aliphatic carboxylic acids is 1. The highest BCUT2D eigenvalue weighted by Gasteiger charge is 2.46. The van der Waals surface area contributed by atoms with E-state index in [0.29, 0.717) is 18.4 Å². The molecule has 2 bridgehead atoms. The second-order valence-electron chi connectivity index (χ2n) is 5.84. The fourth-order valence-corrected chi connectivity index (χ4v) is 3.92. The Labute approximate surface area is 109 Å². The Kier molecular flexibility index (Phi) is 4.81. The predicted molar refractivity (Wildman–Crippen MR) is 70.1 cm³/mol. The summed E-state index contributed by atoms with van der Waals surface area (Å²) in [5.41, 5.74) is 0. The molecule has 102 valence electrons. The Morgan fingerprint density at radius 1 is 1.17 bits per heavy atom. The first-order valence-electron chi connectivity index (χ1n) is 7.20. The van der Waals surface area contributed by atoms with Crippen molar-refractivity contribution < 1.29 is 15.0 Å². The summed E-state index contributed by atoms with van der Waals surface area (Å²) in [5, 5.41) is 18.0. The number of aliphatic hydroxyl groups is 1. The van der Waals surface area contributed by atoms with Crippen LogP contribution in [-0.4, -0.2) is 22.8 Å². The van der Waals surface area contributed by atoms with Gasteiger partial charge in [-0.3, -0.25) is 4.79 Å². The third kappa shape index (κ3) is 3.14. The number of carbonyl (C=O) groups is 1. The third-order valence-electron chi connectivity index (χ3n) is 4.82. The molecule has 3 heteroatoms. The van der Waals surface area contributed by atoms with Gasteiger partial charge < -0.3 is 10.2 Å². The zero-order chi connectivity index (χ0) is 13.0. The lowest BCUT2D eigenvalue weighted by Crippen LogP contribution is -2.24. The number of allylic oxidation sites excluding steroid dienone is 2. The molecule has 4 atom stereocenters. The van der Waals surface area contributed by atoms with Crippen molar-refractivity contribution in [1.29, 1.82) is 0 Å². The molecule has 0 aromatic heterocycles. The number of aliphatic hydroxyl groups excluding tert-OH is 1. The van der Waals surface area contributed by atoms with E-state index in [9.17, 15) is 9.90 Å². The monoisotopic (exact) mass is 252 g/mol. The van der Waals surface area contributed by atoms with Crippen LogP contribution in [0.5, 0.6) is 0 Å². The standard InChI is InChI=1S/C15H24O3/c16-10-14-12-8-7-11(9-12)13(14)5-3-1-2-4-6-15(17)18/h1,3,11-14,16H,2,4-10H2,(H,17,18)/b3-1-/t11-,12+,13-,14+/m0/s1. The SMILES string of the molecule is O=C(O)CCC/C=C\C[C@H]1[C@H]2CC[C@H](C2)[C@H]1CO. The lowest BCUT2D eigenvalue weighted by Gasteiger charge is -2.28. The van der Waals surface area contributed by atoms with Gasteiger partial charge in [0, 0.05) is 13.0 Å². The van der Waals surface area contributed by atoms with Crippen LogP contribution in [0.4, 0.5) is 0 Å². The van der Waals surface area contributed by atoms with E-state index in [1.54, 1.807) is 0 Å². The van der Waals surface area contributed by atoms with Crippen LogP contribution in [0.15, 0.2) is 12.2 Å². The lowest BCUT2D eigenvalue weighted by atomic mass is 9.78. The summed E-state index contributed by atoms with van der Waals surface area (Å²) in [6.45, 7) is 0.346. The fourth-order valence-electron chi connectivity index (χ4n) is 3.92. The van der Waals surface area contributed by atoms with Crippen molar-refractivity contribution in [2.24, 2.45) is 23.7 Å². The number of rotatable bonds is 7. The molecule has 2 N–H and O–H groups in total. The van der Waals surface area contributed by atoms with E-state index < -0.39 is 5.97 Å². The Balaban J connectivity index is 1.69. The number of hydrogen-bond acceptors (Lipinski definition) is 2. The van der Waals surface area contributed by atoms with Crippen molar-refractivity contribution in [2.45, 2.75) is 44.9 Å². The van der Waals surface area contributed by atoms with E-state index in [0.717, 1.165) is 31.1 Å². The topological polar surface area (TPSA) is 57.5 Å². The van der Waals surface area contributed by atoms with Gasteiger partial charge in [-0.1, -0.05) is 12.2 Å².